The van der Waals surface area contributed by atoms with Gasteiger partial charge in [-0.3, -0.25) is 0 Å². The van der Waals surface area contributed by atoms with Gasteiger partial charge in [0, 0.05) is 38.2 Å². The van der Waals surface area contributed by atoms with E-state index in [-0.39, 0.29) is 12.3 Å². The molecule has 0 saturated carbocycles. The van der Waals surface area contributed by atoms with E-state index in [1.807, 2.05) is 37.7 Å². The third-order valence-electron chi connectivity index (χ3n) is 5.36. The summed E-state index contributed by atoms with van der Waals surface area (Å²) in [6.07, 6.45) is 4.81. The molecule has 8 heteroatoms. The van der Waals surface area contributed by atoms with Crippen molar-refractivity contribution in [3.8, 4) is 0 Å². The Bertz CT molecular complexity index is 878. The van der Waals surface area contributed by atoms with Gasteiger partial charge in [-0.05, 0) is 52.2 Å². The zero-order chi connectivity index (χ0) is 20.6. The molecule has 1 atom stereocenters. The van der Waals surface area contributed by atoms with Crippen LogP contribution in [-0.4, -0.2) is 59.2 Å². The van der Waals surface area contributed by atoms with Crippen LogP contribution in [0.5, 0.6) is 0 Å². The van der Waals surface area contributed by atoms with E-state index in [9.17, 15) is 4.79 Å². The average Bonchev–Trinajstić information content (AvgIpc) is 3.09. The third-order valence-corrected chi connectivity index (χ3v) is 5.67. The molecule has 1 aromatic heterocycles. The van der Waals surface area contributed by atoms with Crippen LogP contribution in [0, 0.1) is 0 Å². The standard InChI is InChI=1S/C21H29ClN4O3/c1-21(2,3)29-20(27)25-9-7-24(8-10-25)18-13-17-15(12-16(18)22)14-23-26(17)19-6-4-5-11-28-19/h12-14,19H,4-11H2,1-3H3. The molecule has 0 spiro atoms. The number of nitrogens with zero attached hydrogens (tertiary/aromatic N) is 4. The Morgan fingerprint density at radius 3 is 2.62 bits per heavy atom. The summed E-state index contributed by atoms with van der Waals surface area (Å²) in [5, 5.41) is 6.28. The molecule has 0 N–H and O–H groups in total. The van der Waals surface area contributed by atoms with Crippen molar-refractivity contribution in [2.24, 2.45) is 0 Å². The van der Waals surface area contributed by atoms with Crippen LogP contribution in [-0.2, 0) is 9.47 Å². The quantitative estimate of drug-likeness (QED) is 0.718. The monoisotopic (exact) mass is 420 g/mol. The Morgan fingerprint density at radius 1 is 1.21 bits per heavy atom. The van der Waals surface area contributed by atoms with E-state index < -0.39 is 5.60 Å². The fraction of sp³-hybridized carbons (Fsp3) is 0.619. The van der Waals surface area contributed by atoms with Crippen molar-refractivity contribution in [3.05, 3.63) is 23.4 Å². The number of anilines is 1. The maximum absolute atomic E-state index is 12.3. The fourth-order valence-corrected chi connectivity index (χ4v) is 4.19. The number of aromatic nitrogens is 2. The number of halogens is 1. The zero-order valence-electron chi connectivity index (χ0n) is 17.4. The predicted molar refractivity (Wildman–Crippen MR) is 114 cm³/mol. The molecule has 0 bridgehead atoms. The molecule has 7 nitrogen and oxygen atoms in total. The number of benzene rings is 1. The SMILES string of the molecule is CC(C)(C)OC(=O)N1CCN(c2cc3c(cnn3C3CCCCO3)cc2Cl)CC1. The molecule has 2 aliphatic heterocycles. The highest BCUT2D eigenvalue weighted by molar-refractivity contribution is 6.34. The molecule has 1 unspecified atom stereocenters. The van der Waals surface area contributed by atoms with Gasteiger partial charge in [-0.25, -0.2) is 9.48 Å². The number of fused-ring (bicyclic) bond motifs is 1. The molecular weight excluding hydrogens is 392 g/mol. The van der Waals surface area contributed by atoms with Crippen LogP contribution < -0.4 is 4.90 Å². The lowest BCUT2D eigenvalue weighted by molar-refractivity contribution is -0.0366. The summed E-state index contributed by atoms with van der Waals surface area (Å²) in [6, 6.07) is 4.07. The molecule has 2 aromatic rings. The fourth-order valence-electron chi connectivity index (χ4n) is 3.90. The van der Waals surface area contributed by atoms with E-state index >= 15 is 0 Å². The molecule has 1 aromatic carbocycles. The van der Waals surface area contributed by atoms with Gasteiger partial charge in [0.25, 0.3) is 0 Å². The Hall–Kier alpha value is -1.99. The van der Waals surface area contributed by atoms with Gasteiger partial charge in [-0.15, -0.1) is 0 Å². The first-order chi connectivity index (χ1) is 13.8. The van der Waals surface area contributed by atoms with Gasteiger partial charge >= 0.3 is 6.09 Å². The summed E-state index contributed by atoms with van der Waals surface area (Å²) in [5.41, 5.74) is 1.52. The van der Waals surface area contributed by atoms with Gasteiger partial charge in [0.05, 0.1) is 22.4 Å². The lowest BCUT2D eigenvalue weighted by Gasteiger charge is -2.37. The van der Waals surface area contributed by atoms with Gasteiger partial charge in [0.1, 0.15) is 5.60 Å². The van der Waals surface area contributed by atoms with E-state index in [1.54, 1.807) is 4.90 Å². The maximum atomic E-state index is 12.3. The van der Waals surface area contributed by atoms with Crippen LogP contribution in [0.25, 0.3) is 10.9 Å². The van der Waals surface area contributed by atoms with E-state index in [1.165, 1.54) is 0 Å². The van der Waals surface area contributed by atoms with Crippen LogP contribution in [0.1, 0.15) is 46.3 Å². The first kappa shape index (κ1) is 20.3. The highest BCUT2D eigenvalue weighted by atomic mass is 35.5. The van der Waals surface area contributed by atoms with Crippen LogP contribution in [0.3, 0.4) is 0 Å². The molecule has 2 fully saturated rings. The second-order valence-corrected chi connectivity index (χ2v) is 9.13. The summed E-state index contributed by atoms with van der Waals surface area (Å²) in [7, 11) is 0. The first-order valence-electron chi connectivity index (χ1n) is 10.3. The minimum Gasteiger partial charge on any atom is -0.444 e. The Balaban J connectivity index is 1.51. The average molecular weight is 421 g/mol. The second-order valence-electron chi connectivity index (χ2n) is 8.73. The largest absolute Gasteiger partial charge is 0.444 e. The molecule has 1 amide bonds. The molecule has 0 radical (unpaired) electrons. The van der Waals surface area contributed by atoms with Crippen molar-refractivity contribution < 1.29 is 14.3 Å². The lowest BCUT2D eigenvalue weighted by Crippen LogP contribution is -2.50. The third kappa shape index (κ3) is 4.46. The number of carbonyl (C=O) groups excluding carboxylic acids is 1. The smallest absolute Gasteiger partial charge is 0.410 e. The van der Waals surface area contributed by atoms with E-state index in [4.69, 9.17) is 21.1 Å². The molecule has 158 valence electrons. The van der Waals surface area contributed by atoms with Crippen LogP contribution in [0.15, 0.2) is 18.3 Å². The molecular formula is C21H29ClN4O3. The van der Waals surface area contributed by atoms with Crippen molar-refractivity contribution in [2.45, 2.75) is 51.9 Å². The summed E-state index contributed by atoms with van der Waals surface area (Å²) < 4.78 is 13.4. The van der Waals surface area contributed by atoms with Crippen LogP contribution in [0.2, 0.25) is 5.02 Å². The number of hydrogen-bond donors (Lipinski definition) is 0. The zero-order valence-corrected chi connectivity index (χ0v) is 18.1. The molecule has 0 aliphatic carbocycles. The lowest BCUT2D eigenvalue weighted by atomic mass is 10.1. The van der Waals surface area contributed by atoms with Gasteiger partial charge in [0.2, 0.25) is 0 Å². The van der Waals surface area contributed by atoms with Gasteiger partial charge in [-0.2, -0.15) is 5.10 Å². The van der Waals surface area contributed by atoms with Gasteiger partial charge in [0.15, 0.2) is 6.23 Å². The number of rotatable bonds is 2. The second kappa shape index (κ2) is 8.03. The van der Waals surface area contributed by atoms with Gasteiger partial charge in [-0.1, -0.05) is 11.6 Å². The van der Waals surface area contributed by atoms with Crippen molar-refractivity contribution >= 4 is 34.3 Å². The van der Waals surface area contributed by atoms with Gasteiger partial charge < -0.3 is 19.3 Å². The van der Waals surface area contributed by atoms with Crippen LogP contribution >= 0.6 is 11.6 Å². The molecule has 2 aliphatic rings. The first-order valence-corrected chi connectivity index (χ1v) is 10.7. The van der Waals surface area contributed by atoms with Crippen molar-refractivity contribution in [1.82, 2.24) is 14.7 Å². The molecule has 3 heterocycles. The number of piperazine rings is 1. The Kier molecular flexibility index (Phi) is 5.62. The Labute approximate surface area is 176 Å². The number of carbonyl (C=O) groups is 1. The number of hydrogen-bond acceptors (Lipinski definition) is 5. The minimum atomic E-state index is -0.484. The van der Waals surface area contributed by atoms with Crippen molar-refractivity contribution in [3.63, 3.8) is 0 Å². The topological polar surface area (TPSA) is 59.8 Å². The highest BCUT2D eigenvalue weighted by Crippen LogP contribution is 2.34. The van der Waals surface area contributed by atoms with Crippen LogP contribution in [0.4, 0.5) is 10.5 Å². The highest BCUT2D eigenvalue weighted by Gasteiger charge is 2.27. The van der Waals surface area contributed by atoms with Crippen molar-refractivity contribution in [2.75, 3.05) is 37.7 Å². The normalized spacial score (nSPS) is 20.9. The number of ether oxygens (including phenoxy) is 2. The molecule has 2 saturated heterocycles. The Morgan fingerprint density at radius 2 is 1.97 bits per heavy atom. The van der Waals surface area contributed by atoms with Crippen molar-refractivity contribution in [1.29, 1.82) is 0 Å². The number of amides is 1. The minimum absolute atomic E-state index is 0.0145. The predicted octanol–water partition coefficient (Wildman–Crippen LogP) is 4.45. The summed E-state index contributed by atoms with van der Waals surface area (Å²) in [4.78, 5) is 16.3. The van der Waals surface area contributed by atoms with E-state index in [2.05, 4.69) is 16.1 Å². The molecule has 29 heavy (non-hydrogen) atoms. The van der Waals surface area contributed by atoms with E-state index in [0.717, 1.165) is 42.5 Å². The van der Waals surface area contributed by atoms with E-state index in [0.29, 0.717) is 31.2 Å². The molecule has 4 rings (SSSR count). The maximum Gasteiger partial charge on any atom is 0.410 e. The summed E-state index contributed by atoms with van der Waals surface area (Å²) in [5.74, 6) is 0. The summed E-state index contributed by atoms with van der Waals surface area (Å²) in [6.45, 7) is 9.05. The summed E-state index contributed by atoms with van der Waals surface area (Å²) >= 11 is 6.60.